The minimum Gasteiger partial charge on any atom is -0.496 e. The van der Waals surface area contributed by atoms with Gasteiger partial charge in [-0.3, -0.25) is 9.59 Å². The summed E-state index contributed by atoms with van der Waals surface area (Å²) in [5.74, 6) is -0.102. The van der Waals surface area contributed by atoms with Crippen LogP contribution in [0.25, 0.3) is 11.1 Å². The van der Waals surface area contributed by atoms with Crippen LogP contribution in [0.2, 0.25) is 0 Å². The molecule has 45 heavy (non-hydrogen) atoms. The van der Waals surface area contributed by atoms with Crippen molar-refractivity contribution in [3.05, 3.63) is 78.0 Å². The lowest BCUT2D eigenvalue weighted by Gasteiger charge is -2.31. The van der Waals surface area contributed by atoms with Gasteiger partial charge in [-0.05, 0) is 49.3 Å². The summed E-state index contributed by atoms with van der Waals surface area (Å²) in [6.45, 7) is 1.74. The number of hydrogen-bond acceptors (Lipinski definition) is 7. The van der Waals surface area contributed by atoms with Gasteiger partial charge in [-0.15, -0.1) is 0 Å². The Hall–Kier alpha value is -4.36. The summed E-state index contributed by atoms with van der Waals surface area (Å²) in [5.41, 5.74) is 7.76. The van der Waals surface area contributed by atoms with Gasteiger partial charge in [-0.25, -0.2) is 13.4 Å². The van der Waals surface area contributed by atoms with E-state index in [1.54, 1.807) is 55.6 Å². The van der Waals surface area contributed by atoms with Crippen LogP contribution in [0.1, 0.15) is 44.6 Å². The molecule has 10 nitrogen and oxygen atoms in total. The number of nitrogens with one attached hydrogen (secondary N) is 2. The van der Waals surface area contributed by atoms with Gasteiger partial charge in [-0.2, -0.15) is 13.5 Å². The number of aromatic nitrogens is 1. The number of pyridine rings is 1. The zero-order valence-corrected chi connectivity index (χ0v) is 26.0. The highest BCUT2D eigenvalue weighted by molar-refractivity contribution is 7.89. The third-order valence-electron chi connectivity index (χ3n) is 7.65. The molecule has 1 aliphatic rings. The van der Waals surface area contributed by atoms with Gasteiger partial charge in [0, 0.05) is 42.9 Å². The molecule has 0 bridgehead atoms. The van der Waals surface area contributed by atoms with Crippen LogP contribution in [0, 0.1) is 0 Å². The Balaban J connectivity index is 1.66. The average Bonchev–Trinajstić information content (AvgIpc) is 3.04. The molecule has 2 heterocycles. The third-order valence-corrected chi connectivity index (χ3v) is 9.17. The number of para-hydroxylation sites is 1. The van der Waals surface area contributed by atoms with Crippen molar-refractivity contribution in [1.82, 2.24) is 14.6 Å². The van der Waals surface area contributed by atoms with E-state index in [9.17, 15) is 26.8 Å². The molecule has 0 spiro atoms. The van der Waals surface area contributed by atoms with E-state index in [1.165, 1.54) is 18.1 Å². The number of methoxy groups -OCH3 is 1. The van der Waals surface area contributed by atoms with Crippen molar-refractivity contribution >= 4 is 33.3 Å². The first-order valence-electron chi connectivity index (χ1n) is 14.6. The Morgan fingerprint density at radius 2 is 1.80 bits per heavy atom. The number of anilines is 2. The third kappa shape index (κ3) is 8.43. The minimum absolute atomic E-state index is 0.00633. The Bertz CT molecular complexity index is 1650. The smallest absolute Gasteiger partial charge is 0.269 e. The first kappa shape index (κ1) is 33.5. The molecule has 13 heteroatoms. The van der Waals surface area contributed by atoms with Crippen LogP contribution in [-0.4, -0.2) is 56.4 Å². The number of halogens is 2. The van der Waals surface area contributed by atoms with Crippen molar-refractivity contribution in [2.24, 2.45) is 0 Å². The highest BCUT2D eigenvalue weighted by Crippen LogP contribution is 2.34. The number of nitrogens with two attached hydrogens (primary N) is 1. The molecular weight excluding hydrogens is 604 g/mol. The highest BCUT2D eigenvalue weighted by Gasteiger charge is 2.33. The fraction of sp³-hybridized carbons (Fsp3) is 0.344. The number of nitrogens with zero attached hydrogens (tertiary/aromatic N) is 2. The molecule has 240 valence electrons. The summed E-state index contributed by atoms with van der Waals surface area (Å²) >= 11 is 0. The van der Waals surface area contributed by atoms with E-state index in [0.29, 0.717) is 29.7 Å². The molecule has 1 fully saturated rings. The van der Waals surface area contributed by atoms with Crippen molar-refractivity contribution < 1.29 is 31.5 Å². The van der Waals surface area contributed by atoms with E-state index in [1.807, 2.05) is 6.07 Å². The molecule has 1 atom stereocenters. The number of benzene rings is 2. The fourth-order valence-electron chi connectivity index (χ4n) is 5.21. The summed E-state index contributed by atoms with van der Waals surface area (Å²) < 4.78 is 62.4. The number of hydrogen-bond donors (Lipinski definition) is 3. The monoisotopic (exact) mass is 641 g/mol. The second kappa shape index (κ2) is 15.1. The molecule has 4 N–H and O–H groups in total. The lowest BCUT2D eigenvalue weighted by molar-refractivity contribution is -0.133. The first-order valence-corrected chi connectivity index (χ1v) is 16.1. The van der Waals surface area contributed by atoms with Crippen molar-refractivity contribution in [3.8, 4) is 16.9 Å². The molecule has 0 aliphatic carbocycles. The van der Waals surface area contributed by atoms with E-state index in [0.717, 1.165) is 5.56 Å². The van der Waals surface area contributed by atoms with Crippen molar-refractivity contribution in [1.29, 1.82) is 0 Å². The molecule has 0 unspecified atom stereocenters. The largest absolute Gasteiger partial charge is 0.496 e. The second-order valence-electron chi connectivity index (χ2n) is 10.6. The maximum Gasteiger partial charge on any atom is 0.269 e. The fourth-order valence-corrected chi connectivity index (χ4v) is 6.62. The Morgan fingerprint density at radius 3 is 2.44 bits per heavy atom. The molecule has 1 aliphatic heterocycles. The number of rotatable bonds is 12. The lowest BCUT2D eigenvalue weighted by Crippen LogP contribution is -2.50. The van der Waals surface area contributed by atoms with Gasteiger partial charge in [0.25, 0.3) is 6.08 Å². The van der Waals surface area contributed by atoms with Crippen LogP contribution >= 0.6 is 0 Å². The van der Waals surface area contributed by atoms with Crippen LogP contribution in [0.4, 0.5) is 20.3 Å². The number of piperidine rings is 1. The van der Waals surface area contributed by atoms with Crippen LogP contribution in [-0.2, 0) is 26.0 Å². The summed E-state index contributed by atoms with van der Waals surface area (Å²) in [6.07, 6.45) is 0.818. The van der Waals surface area contributed by atoms with E-state index in [2.05, 4.69) is 15.0 Å². The zero-order chi connectivity index (χ0) is 32.6. The van der Waals surface area contributed by atoms with Crippen LogP contribution in [0.15, 0.2) is 77.3 Å². The summed E-state index contributed by atoms with van der Waals surface area (Å²) in [4.78, 5) is 31.6. The van der Waals surface area contributed by atoms with E-state index in [-0.39, 0.29) is 66.7 Å². The predicted molar refractivity (Wildman–Crippen MR) is 168 cm³/mol. The SMILES string of the molecule is CCC(=O)Nc1c(-c2ccccc2)cccc1S(=O)(=O)N[C@@H](CCCc1cnc(N)cc1OC)C(=O)N1CCC(=C(F)F)CC1. The van der Waals surface area contributed by atoms with Crippen molar-refractivity contribution in [2.45, 2.75) is 56.4 Å². The van der Waals surface area contributed by atoms with Gasteiger partial charge < -0.3 is 20.7 Å². The van der Waals surface area contributed by atoms with Crippen LogP contribution in [0.3, 0.4) is 0 Å². The topological polar surface area (TPSA) is 144 Å². The second-order valence-corrected chi connectivity index (χ2v) is 12.3. The van der Waals surface area contributed by atoms with Gasteiger partial charge in [0.15, 0.2) is 0 Å². The number of amides is 2. The van der Waals surface area contributed by atoms with Gasteiger partial charge in [0.2, 0.25) is 21.8 Å². The maximum atomic E-state index is 14.0. The van der Waals surface area contributed by atoms with Crippen LogP contribution in [0.5, 0.6) is 5.75 Å². The molecule has 2 amide bonds. The van der Waals surface area contributed by atoms with Crippen molar-refractivity contribution in [2.75, 3.05) is 31.2 Å². The first-order chi connectivity index (χ1) is 21.5. The maximum absolute atomic E-state index is 14.0. The van der Waals surface area contributed by atoms with Gasteiger partial charge in [-0.1, -0.05) is 49.4 Å². The zero-order valence-electron chi connectivity index (χ0n) is 25.2. The number of nitrogen functional groups attached to an aromatic ring is 1. The van der Waals surface area contributed by atoms with Crippen LogP contribution < -0.4 is 20.5 Å². The summed E-state index contributed by atoms with van der Waals surface area (Å²) in [6, 6.07) is 14.0. The number of likely N-dealkylation sites (tertiary alicyclic amines) is 1. The van der Waals surface area contributed by atoms with E-state index < -0.39 is 28.1 Å². The van der Waals surface area contributed by atoms with E-state index in [4.69, 9.17) is 10.5 Å². The normalized spacial score (nSPS) is 14.1. The van der Waals surface area contributed by atoms with Gasteiger partial charge in [0.05, 0.1) is 12.8 Å². The number of ether oxygens (including phenoxy) is 1. The molecular formula is C32H37F2N5O5S. The molecule has 0 radical (unpaired) electrons. The molecule has 1 saturated heterocycles. The van der Waals surface area contributed by atoms with Gasteiger partial charge >= 0.3 is 0 Å². The quantitative estimate of drug-likeness (QED) is 0.249. The Morgan fingerprint density at radius 1 is 1.09 bits per heavy atom. The van der Waals surface area contributed by atoms with Gasteiger partial charge in [0.1, 0.15) is 22.5 Å². The molecule has 4 rings (SSSR count). The summed E-state index contributed by atoms with van der Waals surface area (Å²) in [7, 11) is -2.89. The van der Waals surface area contributed by atoms with Crippen molar-refractivity contribution in [3.63, 3.8) is 0 Å². The molecule has 0 saturated carbocycles. The Kier molecular flexibility index (Phi) is 11.2. The number of carbonyl (C=O) groups excluding carboxylic acids is 2. The van der Waals surface area contributed by atoms with E-state index >= 15 is 0 Å². The predicted octanol–water partition coefficient (Wildman–Crippen LogP) is 5.13. The number of sulfonamides is 1. The highest BCUT2D eigenvalue weighted by atomic mass is 32.2. The molecule has 1 aromatic heterocycles. The Labute approximate surface area is 261 Å². The lowest BCUT2D eigenvalue weighted by atomic mass is 10.0. The molecule has 2 aromatic carbocycles. The minimum atomic E-state index is -4.39. The molecule has 3 aromatic rings. The number of carbonyl (C=O) groups is 2. The average molecular weight is 642 g/mol. The number of aryl methyl sites for hydroxylation is 1. The standard InChI is InChI=1S/C32H37F2N5O5S/c1-3-29(40)37-30-24(21-9-5-4-6-10-21)12-8-14-27(30)45(42,43)38-25(32(41)39-17-15-22(16-18-39)31(33)34)13-7-11-23-20-36-28(35)19-26(23)44-2/h4-6,8-10,12,14,19-20,25,38H,3,7,11,13,15-18H2,1-2H3,(H2,35,36)(H,37,40)/t25-/m0/s1. The summed E-state index contributed by atoms with van der Waals surface area (Å²) in [5, 5.41) is 2.74.